The van der Waals surface area contributed by atoms with E-state index in [0.717, 1.165) is 30.0 Å². The van der Waals surface area contributed by atoms with E-state index in [1.165, 1.54) is 59.1 Å². The summed E-state index contributed by atoms with van der Waals surface area (Å²) < 4.78 is 12.3. The molecule has 198 valence electrons. The van der Waals surface area contributed by atoms with Crippen LogP contribution in [0.15, 0.2) is 40.2 Å². The number of amides is 1. The Labute approximate surface area is 233 Å². The van der Waals surface area contributed by atoms with Crippen molar-refractivity contribution in [2.75, 3.05) is 25.3 Å². The number of hydrogen-bond donors (Lipinski definition) is 1. The van der Waals surface area contributed by atoms with Crippen molar-refractivity contribution in [1.82, 2.24) is 14.8 Å². The summed E-state index contributed by atoms with van der Waals surface area (Å²) >= 11 is 4.44. The highest BCUT2D eigenvalue weighted by atomic mass is 32.2. The zero-order valence-electron chi connectivity index (χ0n) is 21.4. The van der Waals surface area contributed by atoms with Gasteiger partial charge in [0.15, 0.2) is 11.0 Å². The van der Waals surface area contributed by atoms with E-state index in [1.54, 1.807) is 7.11 Å². The molecular formula is C27H28N4O4S3. The second-order valence-electron chi connectivity index (χ2n) is 8.72. The number of nitrogens with one attached hydrogen (secondary N) is 1. The highest BCUT2D eigenvalue weighted by Gasteiger charge is 2.24. The molecule has 11 heteroatoms. The minimum absolute atomic E-state index is 0.135. The van der Waals surface area contributed by atoms with Crippen LogP contribution in [0.1, 0.15) is 40.6 Å². The maximum absolute atomic E-state index is 13.0. The van der Waals surface area contributed by atoms with Gasteiger partial charge in [-0.25, -0.2) is 4.79 Å². The number of benzene rings is 1. The van der Waals surface area contributed by atoms with Crippen LogP contribution in [-0.2, 0) is 28.9 Å². The van der Waals surface area contributed by atoms with Crippen molar-refractivity contribution in [2.45, 2.75) is 44.3 Å². The Balaban J connectivity index is 1.31. The van der Waals surface area contributed by atoms with Crippen LogP contribution in [0.4, 0.5) is 5.00 Å². The summed E-state index contributed by atoms with van der Waals surface area (Å²) in [4.78, 5) is 27.1. The molecule has 0 fully saturated rings. The highest BCUT2D eigenvalue weighted by Crippen LogP contribution is 2.38. The molecule has 0 saturated carbocycles. The monoisotopic (exact) mass is 568 g/mol. The largest absolute Gasteiger partial charge is 0.497 e. The lowest BCUT2D eigenvalue weighted by Gasteiger charge is -2.13. The number of carbonyl (C=O) groups excluding carboxylic acids is 2. The van der Waals surface area contributed by atoms with E-state index in [4.69, 9.17) is 9.47 Å². The molecule has 0 radical (unpaired) electrons. The quantitative estimate of drug-likeness (QED) is 0.191. The number of aromatic nitrogens is 3. The number of hydrogen-bond acceptors (Lipinski definition) is 9. The number of thiophene rings is 2. The van der Waals surface area contributed by atoms with Crippen molar-refractivity contribution in [2.24, 2.45) is 0 Å². The van der Waals surface area contributed by atoms with E-state index >= 15 is 0 Å². The van der Waals surface area contributed by atoms with Crippen molar-refractivity contribution in [3.8, 4) is 28.3 Å². The number of nitrogens with zero attached hydrogens (tertiary/aromatic N) is 3. The van der Waals surface area contributed by atoms with Crippen LogP contribution < -0.4 is 10.1 Å². The van der Waals surface area contributed by atoms with Gasteiger partial charge in [0.05, 0.1) is 20.0 Å². The van der Waals surface area contributed by atoms with Crippen molar-refractivity contribution >= 4 is 51.3 Å². The van der Waals surface area contributed by atoms with E-state index in [2.05, 4.69) is 32.4 Å². The van der Waals surface area contributed by atoms with Crippen LogP contribution in [0, 0.1) is 0 Å². The van der Waals surface area contributed by atoms with Crippen molar-refractivity contribution in [3.05, 3.63) is 51.0 Å². The van der Waals surface area contributed by atoms with Crippen molar-refractivity contribution in [1.29, 1.82) is 0 Å². The molecule has 3 heterocycles. The first kappa shape index (κ1) is 26.5. The van der Waals surface area contributed by atoms with Crippen molar-refractivity contribution in [3.63, 3.8) is 0 Å². The van der Waals surface area contributed by atoms with Gasteiger partial charge in [-0.3, -0.25) is 4.79 Å². The third-order valence-corrected chi connectivity index (χ3v) is 9.45. The van der Waals surface area contributed by atoms with Gasteiger partial charge in [-0.15, -0.1) is 32.9 Å². The normalized spacial score (nSPS) is 12.7. The molecule has 0 bridgehead atoms. The van der Waals surface area contributed by atoms with Gasteiger partial charge >= 0.3 is 5.97 Å². The summed E-state index contributed by atoms with van der Waals surface area (Å²) in [6.45, 7) is 2.77. The Hall–Kier alpha value is -3.15. The molecule has 0 atom stereocenters. The molecule has 8 nitrogen and oxygen atoms in total. The van der Waals surface area contributed by atoms with Gasteiger partial charge in [0.25, 0.3) is 0 Å². The summed E-state index contributed by atoms with van der Waals surface area (Å²) in [5.41, 5.74) is 4.43. The lowest BCUT2D eigenvalue weighted by atomic mass is 9.96. The molecule has 0 spiro atoms. The van der Waals surface area contributed by atoms with E-state index < -0.39 is 5.97 Å². The van der Waals surface area contributed by atoms with Gasteiger partial charge in [0, 0.05) is 33.3 Å². The number of rotatable bonds is 9. The third kappa shape index (κ3) is 5.23. The summed E-state index contributed by atoms with van der Waals surface area (Å²) in [6, 6.07) is 7.39. The van der Waals surface area contributed by atoms with Crippen LogP contribution in [0.3, 0.4) is 0 Å². The Morgan fingerprint density at radius 1 is 1.05 bits per heavy atom. The molecule has 1 aromatic carbocycles. The molecule has 1 amide bonds. The van der Waals surface area contributed by atoms with Crippen LogP contribution in [-0.4, -0.2) is 46.6 Å². The lowest BCUT2D eigenvalue weighted by molar-refractivity contribution is -0.113. The van der Waals surface area contributed by atoms with E-state index in [1.807, 2.05) is 41.0 Å². The molecule has 0 saturated heterocycles. The average molecular weight is 569 g/mol. The molecule has 38 heavy (non-hydrogen) atoms. The number of methoxy groups -OCH3 is 2. The first-order valence-electron chi connectivity index (χ1n) is 12.3. The van der Waals surface area contributed by atoms with Crippen molar-refractivity contribution < 1.29 is 19.1 Å². The van der Waals surface area contributed by atoms with Crippen LogP contribution in [0.2, 0.25) is 0 Å². The smallest absolute Gasteiger partial charge is 0.341 e. The minimum Gasteiger partial charge on any atom is -0.497 e. The average Bonchev–Trinajstić information content (AvgIpc) is 3.67. The third-order valence-electron chi connectivity index (χ3n) is 6.50. The summed E-state index contributed by atoms with van der Waals surface area (Å²) in [5, 5.41) is 17.0. The second kappa shape index (κ2) is 11.7. The molecule has 1 N–H and O–H groups in total. The molecule has 0 aliphatic heterocycles. The zero-order valence-corrected chi connectivity index (χ0v) is 23.9. The summed E-state index contributed by atoms with van der Waals surface area (Å²) in [7, 11) is 2.93. The predicted octanol–water partition coefficient (Wildman–Crippen LogP) is 6.16. The van der Waals surface area contributed by atoms with Gasteiger partial charge in [-0.1, -0.05) is 23.9 Å². The number of ether oxygens (including phenoxy) is 2. The van der Waals surface area contributed by atoms with E-state index in [9.17, 15) is 9.59 Å². The number of anilines is 1. The van der Waals surface area contributed by atoms with Crippen LogP contribution in [0.25, 0.3) is 22.5 Å². The number of aryl methyl sites for hydroxylation is 1. The molecule has 0 unspecified atom stereocenters. The van der Waals surface area contributed by atoms with E-state index in [-0.39, 0.29) is 11.7 Å². The van der Waals surface area contributed by atoms with Gasteiger partial charge in [0.1, 0.15) is 16.3 Å². The maximum Gasteiger partial charge on any atom is 0.341 e. The Kier molecular flexibility index (Phi) is 8.15. The SMILES string of the molecule is CCn1c(SCC(=O)Nc2scc(-c3ccc(OC)cc3)c2C(=O)OC)nnc1-c1csc2c1CCCC2. The van der Waals surface area contributed by atoms with Crippen LogP contribution >= 0.6 is 34.4 Å². The lowest BCUT2D eigenvalue weighted by Crippen LogP contribution is -2.16. The molecule has 3 aromatic heterocycles. The predicted molar refractivity (Wildman–Crippen MR) is 153 cm³/mol. The number of fused-ring (bicyclic) bond motifs is 1. The van der Waals surface area contributed by atoms with Gasteiger partial charge in [-0.05, 0) is 55.9 Å². The molecule has 1 aliphatic rings. The van der Waals surface area contributed by atoms with Crippen LogP contribution in [0.5, 0.6) is 5.75 Å². The number of carbonyl (C=O) groups is 2. The second-order valence-corrected chi connectivity index (χ2v) is 11.5. The molecule has 5 rings (SSSR count). The maximum atomic E-state index is 13.0. The Bertz CT molecular complexity index is 1460. The number of thioether (sulfide) groups is 1. The van der Waals surface area contributed by atoms with Gasteiger partial charge in [-0.2, -0.15) is 0 Å². The Morgan fingerprint density at radius 3 is 2.55 bits per heavy atom. The first-order valence-corrected chi connectivity index (χ1v) is 15.1. The fraction of sp³-hybridized carbons (Fsp3) is 0.333. The first-order chi connectivity index (χ1) is 18.5. The van der Waals surface area contributed by atoms with Gasteiger partial charge < -0.3 is 19.4 Å². The minimum atomic E-state index is -0.505. The number of esters is 1. The molecule has 1 aliphatic carbocycles. The Morgan fingerprint density at radius 2 is 1.82 bits per heavy atom. The zero-order chi connectivity index (χ0) is 26.6. The highest BCUT2D eigenvalue weighted by molar-refractivity contribution is 7.99. The topological polar surface area (TPSA) is 95.3 Å². The fourth-order valence-corrected chi connectivity index (χ4v) is 7.49. The summed E-state index contributed by atoms with van der Waals surface area (Å²) in [6.07, 6.45) is 4.67. The standard InChI is InChI=1S/C27H28N4O4S3/c1-4-31-24(20-14-36-21-8-6-5-7-18(20)21)29-30-27(31)38-15-22(32)28-25-23(26(33)35-3)19(13-37-25)16-9-11-17(34-2)12-10-16/h9-14H,4-8,15H2,1-3H3,(H,28,32). The molecule has 4 aromatic rings. The fourth-order valence-electron chi connectivity index (χ4n) is 4.59. The summed E-state index contributed by atoms with van der Waals surface area (Å²) in [5.74, 6) is 0.982. The molecular weight excluding hydrogens is 541 g/mol. The van der Waals surface area contributed by atoms with E-state index in [0.29, 0.717) is 27.8 Å². The van der Waals surface area contributed by atoms with Gasteiger partial charge in [0.2, 0.25) is 5.91 Å².